The summed E-state index contributed by atoms with van der Waals surface area (Å²) in [6.45, 7) is 0. The zero-order valence-electron chi connectivity index (χ0n) is 26.1. The van der Waals surface area contributed by atoms with Crippen molar-refractivity contribution in [2.75, 3.05) is 0 Å². The van der Waals surface area contributed by atoms with Gasteiger partial charge in [0.15, 0.2) is 0 Å². The normalized spacial score (nSPS) is 17.8. The number of rotatable bonds is 4. The van der Waals surface area contributed by atoms with E-state index in [0.717, 1.165) is 90.2 Å². The van der Waals surface area contributed by atoms with E-state index in [0.29, 0.717) is 0 Å². The Bertz CT molecular complexity index is 2030. The summed E-state index contributed by atoms with van der Waals surface area (Å²) in [5, 5.41) is 0. The van der Waals surface area contributed by atoms with Crippen LogP contribution in [0.2, 0.25) is 0 Å². The van der Waals surface area contributed by atoms with E-state index in [9.17, 15) is 0 Å². The van der Waals surface area contributed by atoms with Crippen molar-refractivity contribution < 1.29 is 9.98 Å². The zero-order valence-corrected chi connectivity index (χ0v) is 26.1. The fraction of sp³-hybridized carbons (Fsp3) is 0. The van der Waals surface area contributed by atoms with Crippen LogP contribution in [0.4, 0.5) is 0 Å². The largest absolute Gasteiger partial charge is 0.247 e. The number of nitrogens with zero attached hydrogens (tertiary/aromatic N) is 2. The van der Waals surface area contributed by atoms with Crippen LogP contribution in [-0.2, 0) is 0 Å². The van der Waals surface area contributed by atoms with E-state index in [-0.39, 0.29) is 0 Å². The second kappa shape index (κ2) is 11.7. The van der Waals surface area contributed by atoms with Crippen molar-refractivity contribution in [3.63, 3.8) is 0 Å². The maximum Gasteiger partial charge on any atom is 0.218 e. The predicted octanol–water partition coefficient (Wildman–Crippen LogP) is 5.85. The van der Waals surface area contributed by atoms with Crippen LogP contribution in [0.3, 0.4) is 0 Å². The van der Waals surface area contributed by atoms with Gasteiger partial charge in [0.25, 0.3) is 0 Å². The van der Waals surface area contributed by atoms with Crippen molar-refractivity contribution in [3.8, 4) is 0 Å². The lowest BCUT2D eigenvalue weighted by molar-refractivity contribution is -0.388. The zero-order chi connectivity index (χ0) is 31.9. The Morgan fingerprint density at radius 2 is 0.688 bits per heavy atom. The number of aliphatic imine (C=N–C) groups is 2. The number of hydrogen-bond donors (Lipinski definition) is 2. The van der Waals surface area contributed by atoms with Gasteiger partial charge in [-0.1, -0.05) is 121 Å². The van der Waals surface area contributed by atoms with Crippen molar-refractivity contribution in [3.05, 3.63) is 215 Å². The maximum atomic E-state index is 5.33. The van der Waals surface area contributed by atoms with Gasteiger partial charge in [0.1, 0.15) is 5.57 Å². The van der Waals surface area contributed by atoms with E-state index < -0.39 is 0 Å². The fourth-order valence-corrected chi connectivity index (χ4v) is 6.84. The third kappa shape index (κ3) is 4.88. The smallest absolute Gasteiger partial charge is 0.218 e. The van der Waals surface area contributed by atoms with Gasteiger partial charge in [0.05, 0.1) is 34.0 Å². The molecule has 0 fully saturated rings. The Balaban J connectivity index is 1.37. The molecule has 4 heteroatoms. The number of fused-ring (bicyclic) bond motifs is 4. The molecule has 5 aliphatic rings. The summed E-state index contributed by atoms with van der Waals surface area (Å²) in [5.41, 5.74) is 16.2. The Hall–Kier alpha value is -6.52. The molecule has 0 aromatic heterocycles. The summed E-state index contributed by atoms with van der Waals surface area (Å²) < 4.78 is 0. The van der Waals surface area contributed by atoms with Crippen molar-refractivity contribution in [2.45, 2.75) is 0 Å². The van der Waals surface area contributed by atoms with Gasteiger partial charge in [0, 0.05) is 29.9 Å². The first kappa shape index (κ1) is 27.8. The van der Waals surface area contributed by atoms with Gasteiger partial charge < -0.3 is 0 Å². The summed E-state index contributed by atoms with van der Waals surface area (Å²) in [6, 6.07) is 42.0. The molecule has 4 nitrogen and oxygen atoms in total. The molecule has 8 bridgehead atoms. The number of hydrogen-bond acceptors (Lipinski definition) is 2. The summed E-state index contributed by atoms with van der Waals surface area (Å²) >= 11 is 0. The minimum Gasteiger partial charge on any atom is -0.247 e. The average Bonchev–Trinajstić information content (AvgIpc) is 3.98. The van der Waals surface area contributed by atoms with E-state index >= 15 is 0 Å². The molecule has 0 unspecified atom stereocenters. The minimum atomic E-state index is 0.883. The Labute approximate surface area is 279 Å². The highest BCUT2D eigenvalue weighted by Gasteiger charge is 2.32. The average molecular weight is 615 g/mol. The van der Waals surface area contributed by atoms with Gasteiger partial charge in [0.2, 0.25) is 22.8 Å². The van der Waals surface area contributed by atoms with Crippen LogP contribution in [0.5, 0.6) is 0 Å². The molecule has 4 aromatic carbocycles. The Kier molecular flexibility index (Phi) is 6.76. The molecule has 0 amide bonds. The number of nitrogens with one attached hydrogen (secondary N) is 2. The highest BCUT2D eigenvalue weighted by atomic mass is 14.9. The second-order valence-electron chi connectivity index (χ2n) is 12.0. The molecular weight excluding hydrogens is 585 g/mol. The van der Waals surface area contributed by atoms with E-state index in [4.69, 9.17) is 9.98 Å². The molecule has 0 aliphatic carbocycles. The molecule has 9 rings (SSSR count). The number of benzene rings is 4. The van der Waals surface area contributed by atoms with Gasteiger partial charge >= 0.3 is 0 Å². The molecule has 0 saturated carbocycles. The molecule has 0 spiro atoms. The van der Waals surface area contributed by atoms with Crippen LogP contribution in [0.25, 0.3) is 22.3 Å². The van der Waals surface area contributed by atoms with Crippen LogP contribution in [0, 0.1) is 0 Å². The van der Waals surface area contributed by atoms with E-state index in [1.165, 1.54) is 0 Å². The summed E-state index contributed by atoms with van der Waals surface area (Å²) in [5.74, 6) is 0. The molecular formula is C44H30N4+2. The summed E-state index contributed by atoms with van der Waals surface area (Å²) in [6.07, 6.45) is 17.2. The first-order chi connectivity index (χ1) is 23.8. The maximum absolute atomic E-state index is 5.33. The lowest BCUT2D eigenvalue weighted by Gasteiger charge is -2.10. The van der Waals surface area contributed by atoms with Crippen molar-refractivity contribution in [1.29, 1.82) is 0 Å². The van der Waals surface area contributed by atoms with Crippen LogP contribution in [0.1, 0.15) is 22.3 Å². The molecule has 5 heterocycles. The first-order valence-corrected chi connectivity index (χ1v) is 16.2. The minimum absolute atomic E-state index is 0.883. The predicted molar refractivity (Wildman–Crippen MR) is 197 cm³/mol. The van der Waals surface area contributed by atoms with Gasteiger partial charge in [-0.05, 0) is 46.6 Å². The van der Waals surface area contributed by atoms with Crippen LogP contribution in [-0.4, -0.2) is 22.8 Å². The molecule has 0 radical (unpaired) electrons. The van der Waals surface area contributed by atoms with Crippen molar-refractivity contribution >= 4 is 45.1 Å². The monoisotopic (exact) mass is 614 g/mol. The molecule has 4 aromatic rings. The van der Waals surface area contributed by atoms with E-state index in [2.05, 4.69) is 162 Å². The SMILES string of the molecule is C1=CC2=C(c3ccccc3)C3=[NH+]C(=C(c4ccccc4)C4=[NH+]C(=C(c5ccccc5)C5=NC(=C(c6ccccc6)C1=N2)C=C5)C=C4)C=C3. The fourth-order valence-electron chi connectivity index (χ4n) is 6.84. The van der Waals surface area contributed by atoms with Gasteiger partial charge in [-0.25, -0.2) is 20.0 Å². The first-order valence-electron chi connectivity index (χ1n) is 16.2. The van der Waals surface area contributed by atoms with E-state index in [1.807, 2.05) is 18.2 Å². The van der Waals surface area contributed by atoms with Crippen LogP contribution in [0.15, 0.2) is 203 Å². The van der Waals surface area contributed by atoms with Crippen LogP contribution < -0.4 is 9.98 Å². The highest BCUT2D eigenvalue weighted by Crippen LogP contribution is 2.34. The topological polar surface area (TPSA) is 52.7 Å². The van der Waals surface area contributed by atoms with Crippen LogP contribution >= 0.6 is 0 Å². The molecule has 48 heavy (non-hydrogen) atoms. The van der Waals surface area contributed by atoms with Crippen molar-refractivity contribution in [2.24, 2.45) is 9.98 Å². The lowest BCUT2D eigenvalue weighted by Crippen LogP contribution is -2.71. The quantitative estimate of drug-likeness (QED) is 0.290. The third-order valence-electron chi connectivity index (χ3n) is 9.00. The Morgan fingerprint density at radius 3 is 1.21 bits per heavy atom. The Morgan fingerprint density at radius 1 is 0.312 bits per heavy atom. The van der Waals surface area contributed by atoms with E-state index in [1.54, 1.807) is 0 Å². The molecule has 5 aliphatic heterocycles. The van der Waals surface area contributed by atoms with Gasteiger partial charge in [-0.15, -0.1) is 0 Å². The van der Waals surface area contributed by atoms with Gasteiger partial charge in [-0.3, -0.25) is 0 Å². The highest BCUT2D eigenvalue weighted by molar-refractivity contribution is 6.37. The lowest BCUT2D eigenvalue weighted by atomic mass is 9.98. The second-order valence-corrected chi connectivity index (χ2v) is 12.0. The number of allylic oxidation sites excluding steroid dienone is 12. The van der Waals surface area contributed by atoms with Crippen molar-refractivity contribution in [1.82, 2.24) is 0 Å². The molecule has 224 valence electrons. The summed E-state index contributed by atoms with van der Waals surface area (Å²) in [4.78, 5) is 18.3. The van der Waals surface area contributed by atoms with Gasteiger partial charge in [-0.2, -0.15) is 0 Å². The molecule has 2 N–H and O–H groups in total. The summed E-state index contributed by atoms with van der Waals surface area (Å²) in [7, 11) is 0. The molecule has 0 saturated heterocycles. The molecule has 0 atom stereocenters. The third-order valence-corrected chi connectivity index (χ3v) is 9.00. The standard InChI is InChI=1S/C44H28N4/c1-5-13-29(14-6-1)41-33-21-23-35(45-33)42(30-15-7-2-8-16-30)37-25-27-39(47-37)44(32-19-11-4-12-20-32)40-28-26-38(48-40)43(31-17-9-3-10-18-31)36-24-22-34(41)46-36/h1-28H/p+2.